The molecular formula is C16H15ClN2O2S. The molecule has 1 saturated heterocycles. The number of amides is 1. The Morgan fingerprint density at radius 1 is 1.27 bits per heavy atom. The molecule has 0 spiro atoms. The van der Waals surface area contributed by atoms with Gasteiger partial charge in [0.1, 0.15) is 11.1 Å². The third-order valence-electron chi connectivity index (χ3n) is 3.38. The summed E-state index contributed by atoms with van der Waals surface area (Å²) in [7, 11) is 0. The standard InChI is InChI=1S/C16H15ClN2O2S/c17-13-1-3-14(4-2-13)21-11-15(20)19-9-10-22-16(19)12-5-7-18-8-6-12/h1-8,16H,9-11H2. The number of nitrogens with zero attached hydrogens (tertiary/aromatic N) is 2. The Bertz CT molecular complexity index is 636. The van der Waals surface area contributed by atoms with E-state index in [0.717, 1.165) is 17.9 Å². The molecule has 114 valence electrons. The summed E-state index contributed by atoms with van der Waals surface area (Å²) < 4.78 is 5.55. The Morgan fingerprint density at radius 3 is 2.73 bits per heavy atom. The van der Waals surface area contributed by atoms with Crippen molar-refractivity contribution in [2.75, 3.05) is 18.9 Å². The van der Waals surface area contributed by atoms with Crippen LogP contribution in [-0.2, 0) is 4.79 Å². The van der Waals surface area contributed by atoms with Crippen LogP contribution in [0.15, 0.2) is 48.8 Å². The molecule has 1 aliphatic rings. The monoisotopic (exact) mass is 334 g/mol. The zero-order valence-electron chi connectivity index (χ0n) is 11.8. The van der Waals surface area contributed by atoms with Crippen molar-refractivity contribution >= 4 is 29.3 Å². The van der Waals surface area contributed by atoms with Gasteiger partial charge < -0.3 is 9.64 Å². The van der Waals surface area contributed by atoms with Crippen LogP contribution in [0.5, 0.6) is 5.75 Å². The van der Waals surface area contributed by atoms with Gasteiger partial charge >= 0.3 is 0 Å². The first kappa shape index (κ1) is 15.2. The van der Waals surface area contributed by atoms with Gasteiger partial charge in [-0.2, -0.15) is 0 Å². The van der Waals surface area contributed by atoms with Crippen LogP contribution < -0.4 is 4.74 Å². The Balaban J connectivity index is 1.62. The summed E-state index contributed by atoms with van der Waals surface area (Å²) in [4.78, 5) is 18.3. The number of ether oxygens (including phenoxy) is 1. The predicted octanol–water partition coefficient (Wildman–Crippen LogP) is 3.39. The molecule has 1 aromatic heterocycles. The molecule has 0 aliphatic carbocycles. The number of rotatable bonds is 4. The number of benzene rings is 1. The summed E-state index contributed by atoms with van der Waals surface area (Å²) in [6.45, 7) is 0.768. The van der Waals surface area contributed by atoms with E-state index in [1.165, 1.54) is 0 Å². The smallest absolute Gasteiger partial charge is 0.261 e. The highest BCUT2D eigenvalue weighted by atomic mass is 35.5. The van der Waals surface area contributed by atoms with Crippen molar-refractivity contribution in [3.63, 3.8) is 0 Å². The van der Waals surface area contributed by atoms with Gasteiger partial charge in [-0.15, -0.1) is 11.8 Å². The first-order valence-electron chi connectivity index (χ1n) is 6.93. The van der Waals surface area contributed by atoms with Crippen LogP contribution in [0.1, 0.15) is 10.9 Å². The van der Waals surface area contributed by atoms with E-state index in [1.807, 2.05) is 17.0 Å². The van der Waals surface area contributed by atoms with E-state index >= 15 is 0 Å². The second-order valence-electron chi connectivity index (χ2n) is 4.83. The number of halogens is 1. The Labute approximate surface area is 138 Å². The molecule has 1 aromatic carbocycles. The minimum absolute atomic E-state index is 0.0123. The quantitative estimate of drug-likeness (QED) is 0.859. The van der Waals surface area contributed by atoms with E-state index in [-0.39, 0.29) is 17.9 Å². The Hall–Kier alpha value is -1.72. The van der Waals surface area contributed by atoms with Crippen molar-refractivity contribution in [1.82, 2.24) is 9.88 Å². The Kier molecular flexibility index (Phi) is 4.85. The molecule has 0 saturated carbocycles. The van der Waals surface area contributed by atoms with E-state index in [0.29, 0.717) is 10.8 Å². The van der Waals surface area contributed by atoms with Crippen molar-refractivity contribution in [1.29, 1.82) is 0 Å². The van der Waals surface area contributed by atoms with Gasteiger partial charge in [-0.1, -0.05) is 11.6 Å². The lowest BCUT2D eigenvalue weighted by Gasteiger charge is -2.24. The normalized spacial score (nSPS) is 17.5. The molecule has 2 heterocycles. The second kappa shape index (κ2) is 7.03. The highest BCUT2D eigenvalue weighted by Crippen LogP contribution is 2.37. The molecule has 3 rings (SSSR count). The number of hydrogen-bond donors (Lipinski definition) is 0. The summed E-state index contributed by atoms with van der Waals surface area (Å²) in [6.07, 6.45) is 3.50. The molecule has 6 heteroatoms. The van der Waals surface area contributed by atoms with Crippen molar-refractivity contribution in [3.8, 4) is 5.75 Å². The maximum atomic E-state index is 12.4. The fourth-order valence-electron chi connectivity index (χ4n) is 2.29. The molecular weight excluding hydrogens is 320 g/mol. The molecule has 1 atom stereocenters. The van der Waals surface area contributed by atoms with Gasteiger partial charge in [-0.05, 0) is 42.0 Å². The van der Waals surface area contributed by atoms with Crippen LogP contribution in [-0.4, -0.2) is 34.7 Å². The summed E-state index contributed by atoms with van der Waals surface area (Å²) in [5.74, 6) is 1.56. The number of hydrogen-bond acceptors (Lipinski definition) is 4. The number of thioether (sulfide) groups is 1. The van der Waals surface area contributed by atoms with Gasteiger partial charge in [0.2, 0.25) is 0 Å². The molecule has 22 heavy (non-hydrogen) atoms. The van der Waals surface area contributed by atoms with Crippen LogP contribution in [0, 0.1) is 0 Å². The average Bonchev–Trinajstić information content (AvgIpc) is 3.04. The van der Waals surface area contributed by atoms with Crippen LogP contribution in [0.4, 0.5) is 0 Å². The van der Waals surface area contributed by atoms with Gasteiger partial charge in [0, 0.05) is 29.7 Å². The maximum Gasteiger partial charge on any atom is 0.261 e. The van der Waals surface area contributed by atoms with Crippen molar-refractivity contribution in [2.24, 2.45) is 0 Å². The minimum atomic E-state index is -0.0123. The molecule has 4 nitrogen and oxygen atoms in total. The summed E-state index contributed by atoms with van der Waals surface area (Å²) >= 11 is 7.59. The van der Waals surface area contributed by atoms with Gasteiger partial charge in [-0.25, -0.2) is 0 Å². The van der Waals surface area contributed by atoms with E-state index in [4.69, 9.17) is 16.3 Å². The number of pyridine rings is 1. The number of carbonyl (C=O) groups is 1. The summed E-state index contributed by atoms with van der Waals surface area (Å²) in [6, 6.07) is 10.9. The molecule has 0 radical (unpaired) electrons. The zero-order valence-corrected chi connectivity index (χ0v) is 13.4. The highest BCUT2D eigenvalue weighted by molar-refractivity contribution is 7.99. The minimum Gasteiger partial charge on any atom is -0.484 e. The van der Waals surface area contributed by atoms with Crippen LogP contribution in [0.25, 0.3) is 0 Å². The van der Waals surface area contributed by atoms with E-state index < -0.39 is 0 Å². The first-order valence-corrected chi connectivity index (χ1v) is 8.36. The fourth-order valence-corrected chi connectivity index (χ4v) is 3.69. The van der Waals surface area contributed by atoms with Crippen LogP contribution in [0.2, 0.25) is 5.02 Å². The third kappa shape index (κ3) is 3.54. The molecule has 1 aliphatic heterocycles. The molecule has 1 amide bonds. The first-order chi connectivity index (χ1) is 10.7. The lowest BCUT2D eigenvalue weighted by atomic mass is 10.2. The number of aromatic nitrogens is 1. The van der Waals surface area contributed by atoms with Crippen molar-refractivity contribution in [2.45, 2.75) is 5.37 Å². The second-order valence-corrected chi connectivity index (χ2v) is 6.46. The topological polar surface area (TPSA) is 42.4 Å². The van der Waals surface area contributed by atoms with E-state index in [2.05, 4.69) is 4.98 Å². The molecule has 1 fully saturated rings. The largest absolute Gasteiger partial charge is 0.484 e. The van der Waals surface area contributed by atoms with Gasteiger partial charge in [0.25, 0.3) is 5.91 Å². The summed E-state index contributed by atoms with van der Waals surface area (Å²) in [5, 5.41) is 0.691. The third-order valence-corrected chi connectivity index (χ3v) is 4.89. The maximum absolute atomic E-state index is 12.4. The molecule has 0 bridgehead atoms. The molecule has 0 N–H and O–H groups in total. The zero-order chi connectivity index (χ0) is 15.4. The van der Waals surface area contributed by atoms with Crippen LogP contribution in [0.3, 0.4) is 0 Å². The van der Waals surface area contributed by atoms with Gasteiger partial charge in [0.15, 0.2) is 6.61 Å². The van der Waals surface area contributed by atoms with E-state index in [1.54, 1.807) is 48.4 Å². The average molecular weight is 335 g/mol. The van der Waals surface area contributed by atoms with Crippen LogP contribution >= 0.6 is 23.4 Å². The lowest BCUT2D eigenvalue weighted by Crippen LogP contribution is -2.34. The predicted molar refractivity (Wildman–Crippen MR) is 88.1 cm³/mol. The van der Waals surface area contributed by atoms with Gasteiger partial charge in [-0.3, -0.25) is 9.78 Å². The summed E-state index contributed by atoms with van der Waals surface area (Å²) in [5.41, 5.74) is 1.09. The van der Waals surface area contributed by atoms with Crippen molar-refractivity contribution < 1.29 is 9.53 Å². The highest BCUT2D eigenvalue weighted by Gasteiger charge is 2.30. The van der Waals surface area contributed by atoms with Crippen molar-refractivity contribution in [3.05, 3.63) is 59.4 Å². The van der Waals surface area contributed by atoms with E-state index in [9.17, 15) is 4.79 Å². The molecule has 1 unspecified atom stereocenters. The fraction of sp³-hybridized carbons (Fsp3) is 0.250. The lowest BCUT2D eigenvalue weighted by molar-refractivity contribution is -0.133. The molecule has 2 aromatic rings. The Morgan fingerprint density at radius 2 is 2.00 bits per heavy atom. The SMILES string of the molecule is O=C(COc1ccc(Cl)cc1)N1CCSC1c1ccncc1. The van der Waals surface area contributed by atoms with Gasteiger partial charge in [0.05, 0.1) is 0 Å². The number of carbonyl (C=O) groups excluding carboxylic acids is 1.